The monoisotopic (exact) mass is 287 g/mol. The van der Waals surface area contributed by atoms with Gasteiger partial charge in [0.05, 0.1) is 4.92 Å². The van der Waals surface area contributed by atoms with Crippen molar-refractivity contribution in [2.24, 2.45) is 0 Å². The summed E-state index contributed by atoms with van der Waals surface area (Å²) in [7, 11) is 0. The largest absolute Gasteiger partial charge is 0.393 e. The standard InChI is InChI=1S/C15H14FN3O2/c16-12-2-1-10-5-6-18(9-11(10)7-12)13-3-4-15(19(20)21)14(17)8-13/h1-4,7-8H,5-6,9,17H2. The summed E-state index contributed by atoms with van der Waals surface area (Å²) in [5.74, 6) is -0.251. The van der Waals surface area contributed by atoms with Crippen molar-refractivity contribution < 1.29 is 9.31 Å². The van der Waals surface area contributed by atoms with E-state index in [4.69, 9.17) is 5.73 Å². The van der Waals surface area contributed by atoms with Gasteiger partial charge in [0, 0.05) is 24.8 Å². The number of anilines is 2. The molecule has 0 saturated heterocycles. The molecule has 0 unspecified atom stereocenters. The number of fused-ring (bicyclic) bond motifs is 1. The van der Waals surface area contributed by atoms with Crippen LogP contribution in [0.4, 0.5) is 21.5 Å². The SMILES string of the molecule is Nc1cc(N2CCc3ccc(F)cc3C2)ccc1[N+](=O)[O-]. The molecular weight excluding hydrogens is 273 g/mol. The van der Waals surface area contributed by atoms with Gasteiger partial charge in [-0.3, -0.25) is 10.1 Å². The summed E-state index contributed by atoms with van der Waals surface area (Å²) in [6.45, 7) is 1.35. The lowest BCUT2D eigenvalue weighted by Gasteiger charge is -2.30. The van der Waals surface area contributed by atoms with Gasteiger partial charge in [-0.15, -0.1) is 0 Å². The lowest BCUT2D eigenvalue weighted by atomic mass is 9.99. The quantitative estimate of drug-likeness (QED) is 0.523. The van der Waals surface area contributed by atoms with Gasteiger partial charge in [-0.25, -0.2) is 4.39 Å². The number of nitro benzene ring substituents is 1. The smallest absolute Gasteiger partial charge is 0.292 e. The topological polar surface area (TPSA) is 72.4 Å². The molecule has 0 fully saturated rings. The van der Waals surface area contributed by atoms with Gasteiger partial charge in [0.25, 0.3) is 5.69 Å². The first kappa shape index (κ1) is 13.4. The van der Waals surface area contributed by atoms with E-state index in [0.29, 0.717) is 6.54 Å². The van der Waals surface area contributed by atoms with Crippen LogP contribution in [-0.4, -0.2) is 11.5 Å². The van der Waals surface area contributed by atoms with Gasteiger partial charge >= 0.3 is 0 Å². The highest BCUT2D eigenvalue weighted by Gasteiger charge is 2.19. The second kappa shape index (κ2) is 5.05. The van der Waals surface area contributed by atoms with E-state index in [1.165, 1.54) is 18.2 Å². The Labute approximate surface area is 120 Å². The third-order valence-electron chi connectivity index (χ3n) is 3.75. The van der Waals surface area contributed by atoms with E-state index in [2.05, 4.69) is 0 Å². The summed E-state index contributed by atoms with van der Waals surface area (Å²) < 4.78 is 13.3. The first-order valence-corrected chi connectivity index (χ1v) is 6.61. The Kier molecular flexibility index (Phi) is 3.21. The van der Waals surface area contributed by atoms with Crippen molar-refractivity contribution in [1.29, 1.82) is 0 Å². The number of benzene rings is 2. The lowest BCUT2D eigenvalue weighted by molar-refractivity contribution is -0.383. The van der Waals surface area contributed by atoms with Gasteiger partial charge < -0.3 is 10.6 Å². The maximum Gasteiger partial charge on any atom is 0.292 e. The normalized spacial score (nSPS) is 13.9. The van der Waals surface area contributed by atoms with Crippen LogP contribution in [0.25, 0.3) is 0 Å². The number of nitrogens with zero attached hydrogens (tertiary/aromatic N) is 2. The minimum absolute atomic E-state index is 0.0952. The second-order valence-corrected chi connectivity index (χ2v) is 5.08. The predicted molar refractivity (Wildman–Crippen MR) is 78.7 cm³/mol. The van der Waals surface area contributed by atoms with E-state index in [1.807, 2.05) is 11.0 Å². The number of halogens is 1. The molecule has 6 heteroatoms. The van der Waals surface area contributed by atoms with Crippen molar-refractivity contribution in [3.8, 4) is 0 Å². The minimum Gasteiger partial charge on any atom is -0.393 e. The number of nitrogens with two attached hydrogens (primary N) is 1. The summed E-state index contributed by atoms with van der Waals surface area (Å²) in [6.07, 6.45) is 0.812. The van der Waals surface area contributed by atoms with E-state index >= 15 is 0 Å². The average Bonchev–Trinajstić information content (AvgIpc) is 2.46. The van der Waals surface area contributed by atoms with E-state index in [-0.39, 0.29) is 17.2 Å². The fourth-order valence-electron chi connectivity index (χ4n) is 2.65. The summed E-state index contributed by atoms with van der Waals surface area (Å²) in [5, 5.41) is 10.8. The third-order valence-corrected chi connectivity index (χ3v) is 3.75. The molecule has 1 aliphatic rings. The van der Waals surface area contributed by atoms with Crippen LogP contribution in [0, 0.1) is 15.9 Å². The Morgan fingerprint density at radius 1 is 1.19 bits per heavy atom. The molecule has 21 heavy (non-hydrogen) atoms. The van der Waals surface area contributed by atoms with Crippen LogP contribution in [-0.2, 0) is 13.0 Å². The van der Waals surface area contributed by atoms with Crippen LogP contribution in [0.3, 0.4) is 0 Å². The lowest BCUT2D eigenvalue weighted by Crippen LogP contribution is -2.30. The summed E-state index contributed by atoms with van der Waals surface area (Å²) in [5.41, 5.74) is 8.66. The molecule has 0 aliphatic carbocycles. The van der Waals surface area contributed by atoms with Crippen LogP contribution >= 0.6 is 0 Å². The van der Waals surface area contributed by atoms with E-state index < -0.39 is 4.92 Å². The van der Waals surface area contributed by atoms with Crippen molar-refractivity contribution in [2.45, 2.75) is 13.0 Å². The highest BCUT2D eigenvalue weighted by Crippen LogP contribution is 2.30. The van der Waals surface area contributed by atoms with Crippen LogP contribution in [0.15, 0.2) is 36.4 Å². The number of nitrogen functional groups attached to an aromatic ring is 1. The zero-order chi connectivity index (χ0) is 15.0. The molecule has 1 aliphatic heterocycles. The number of hydrogen-bond donors (Lipinski definition) is 1. The van der Waals surface area contributed by atoms with Gasteiger partial charge in [0.1, 0.15) is 11.5 Å². The maximum absolute atomic E-state index is 13.3. The molecule has 0 atom stereocenters. The van der Waals surface area contributed by atoms with Gasteiger partial charge in [-0.05, 0) is 41.8 Å². The van der Waals surface area contributed by atoms with Gasteiger partial charge in [0.2, 0.25) is 0 Å². The van der Waals surface area contributed by atoms with Crippen molar-refractivity contribution in [2.75, 3.05) is 17.2 Å². The van der Waals surface area contributed by atoms with Crippen molar-refractivity contribution >= 4 is 17.1 Å². The fraction of sp³-hybridized carbons (Fsp3) is 0.200. The third kappa shape index (κ3) is 2.52. The molecule has 0 spiro atoms. The van der Waals surface area contributed by atoms with Crippen molar-refractivity contribution in [3.63, 3.8) is 0 Å². The molecule has 0 saturated carbocycles. The van der Waals surface area contributed by atoms with Crippen molar-refractivity contribution in [1.82, 2.24) is 0 Å². The molecule has 2 N–H and O–H groups in total. The van der Waals surface area contributed by atoms with Gasteiger partial charge in [-0.1, -0.05) is 6.07 Å². The Balaban J connectivity index is 1.89. The van der Waals surface area contributed by atoms with E-state index in [0.717, 1.165) is 29.8 Å². The highest BCUT2D eigenvalue weighted by molar-refractivity contribution is 5.67. The summed E-state index contributed by atoms with van der Waals surface area (Å²) >= 11 is 0. The molecule has 0 radical (unpaired) electrons. The predicted octanol–water partition coefficient (Wildman–Crippen LogP) is 2.88. The maximum atomic E-state index is 13.3. The molecule has 0 amide bonds. The van der Waals surface area contributed by atoms with Crippen LogP contribution in [0.2, 0.25) is 0 Å². The summed E-state index contributed by atoms with van der Waals surface area (Å²) in [4.78, 5) is 12.3. The molecule has 3 rings (SSSR count). The van der Waals surface area contributed by atoms with Crippen LogP contribution < -0.4 is 10.6 Å². The Morgan fingerprint density at radius 3 is 2.71 bits per heavy atom. The zero-order valence-electron chi connectivity index (χ0n) is 11.3. The molecule has 2 aromatic carbocycles. The molecule has 5 nitrogen and oxygen atoms in total. The van der Waals surface area contributed by atoms with Crippen LogP contribution in [0.5, 0.6) is 0 Å². The number of rotatable bonds is 2. The zero-order valence-corrected chi connectivity index (χ0v) is 11.3. The van der Waals surface area contributed by atoms with Crippen molar-refractivity contribution in [3.05, 3.63) is 63.5 Å². The molecule has 108 valence electrons. The van der Waals surface area contributed by atoms with Gasteiger partial charge in [0.15, 0.2) is 0 Å². The highest BCUT2D eigenvalue weighted by atomic mass is 19.1. The Hall–Kier alpha value is -2.63. The summed E-state index contributed by atoms with van der Waals surface area (Å²) in [6, 6.07) is 9.51. The molecule has 2 aromatic rings. The van der Waals surface area contributed by atoms with Gasteiger partial charge in [-0.2, -0.15) is 0 Å². The minimum atomic E-state index is -0.500. The first-order chi connectivity index (χ1) is 10.0. The van der Waals surface area contributed by atoms with Crippen LogP contribution in [0.1, 0.15) is 11.1 Å². The molecule has 0 aromatic heterocycles. The molecule has 1 heterocycles. The Bertz CT molecular complexity index is 718. The first-order valence-electron chi connectivity index (χ1n) is 6.61. The molecular formula is C15H14FN3O2. The number of hydrogen-bond acceptors (Lipinski definition) is 4. The Morgan fingerprint density at radius 2 is 2.00 bits per heavy atom. The van der Waals surface area contributed by atoms with E-state index in [1.54, 1.807) is 12.1 Å². The fourth-order valence-corrected chi connectivity index (χ4v) is 2.65. The molecule has 0 bridgehead atoms. The van der Waals surface area contributed by atoms with E-state index in [9.17, 15) is 14.5 Å². The number of nitro groups is 1. The average molecular weight is 287 g/mol. The second-order valence-electron chi connectivity index (χ2n) is 5.08.